The number of carbonyl (C=O) groups is 1. The average Bonchev–Trinajstić information content (AvgIpc) is 2.43. The van der Waals surface area contributed by atoms with Crippen molar-refractivity contribution in [2.24, 2.45) is 0 Å². The Morgan fingerprint density at radius 3 is 2.57 bits per heavy atom. The number of aromatic nitrogens is 1. The van der Waals surface area contributed by atoms with Gasteiger partial charge in [-0.05, 0) is 43.2 Å². The molecular formula is C16H15F2NO2. The zero-order valence-corrected chi connectivity index (χ0v) is 11.8. The van der Waals surface area contributed by atoms with Crippen LogP contribution in [0.3, 0.4) is 0 Å². The Kier molecular flexibility index (Phi) is 4.31. The van der Waals surface area contributed by atoms with Crippen molar-refractivity contribution in [3.8, 4) is 11.3 Å². The summed E-state index contributed by atoms with van der Waals surface area (Å²) < 4.78 is 27.6. The molecule has 0 spiro atoms. The van der Waals surface area contributed by atoms with Crippen molar-refractivity contribution in [2.45, 2.75) is 26.7 Å². The zero-order valence-electron chi connectivity index (χ0n) is 11.8. The van der Waals surface area contributed by atoms with Crippen molar-refractivity contribution >= 4 is 5.97 Å². The van der Waals surface area contributed by atoms with Crippen LogP contribution in [0.5, 0.6) is 0 Å². The fourth-order valence-electron chi connectivity index (χ4n) is 2.12. The topological polar surface area (TPSA) is 50.2 Å². The van der Waals surface area contributed by atoms with Crippen molar-refractivity contribution in [1.29, 1.82) is 0 Å². The zero-order chi connectivity index (χ0) is 15.6. The number of benzene rings is 1. The highest BCUT2D eigenvalue weighted by Gasteiger charge is 2.15. The van der Waals surface area contributed by atoms with Crippen LogP contribution in [0.15, 0.2) is 24.3 Å². The lowest BCUT2D eigenvalue weighted by Gasteiger charge is -2.09. The lowest BCUT2D eigenvalue weighted by molar-refractivity contribution is 0.0695. The lowest BCUT2D eigenvalue weighted by Crippen LogP contribution is -2.06. The molecule has 1 N–H and O–H groups in total. The molecule has 0 saturated heterocycles. The van der Waals surface area contributed by atoms with E-state index in [1.54, 1.807) is 0 Å². The lowest BCUT2D eigenvalue weighted by atomic mass is 10.0. The summed E-state index contributed by atoms with van der Waals surface area (Å²) in [5.41, 5.74) is 0.955. The van der Waals surface area contributed by atoms with E-state index in [-0.39, 0.29) is 22.4 Å². The van der Waals surface area contributed by atoms with Crippen LogP contribution < -0.4 is 0 Å². The predicted octanol–water partition coefficient (Wildman–Crippen LogP) is 3.99. The third kappa shape index (κ3) is 3.07. The van der Waals surface area contributed by atoms with Gasteiger partial charge in [-0.15, -0.1) is 0 Å². The fraction of sp³-hybridized carbons (Fsp3) is 0.250. The minimum absolute atomic E-state index is 0.0346. The number of aromatic carboxylic acids is 1. The van der Waals surface area contributed by atoms with Gasteiger partial charge in [0.25, 0.3) is 0 Å². The van der Waals surface area contributed by atoms with E-state index in [2.05, 4.69) is 4.98 Å². The highest BCUT2D eigenvalue weighted by atomic mass is 19.1. The molecule has 3 nitrogen and oxygen atoms in total. The molecule has 0 amide bonds. The third-order valence-electron chi connectivity index (χ3n) is 3.22. The average molecular weight is 291 g/mol. The van der Waals surface area contributed by atoms with E-state index in [4.69, 9.17) is 5.11 Å². The van der Waals surface area contributed by atoms with Crippen LogP contribution in [0.2, 0.25) is 0 Å². The maximum atomic E-state index is 14.0. The van der Waals surface area contributed by atoms with Gasteiger partial charge >= 0.3 is 5.97 Å². The second kappa shape index (κ2) is 5.99. The SMILES string of the molecule is CCCc1nc(-c2cc(F)c(C)cc2F)ccc1C(=O)O. The summed E-state index contributed by atoms with van der Waals surface area (Å²) in [6, 6.07) is 4.97. The van der Waals surface area contributed by atoms with Crippen molar-refractivity contribution in [3.05, 3.63) is 52.7 Å². The van der Waals surface area contributed by atoms with Crippen molar-refractivity contribution in [2.75, 3.05) is 0 Å². The van der Waals surface area contributed by atoms with Gasteiger partial charge in [0, 0.05) is 5.56 Å². The molecule has 0 aliphatic heterocycles. The summed E-state index contributed by atoms with van der Waals surface area (Å²) in [6.07, 6.45) is 1.17. The van der Waals surface area contributed by atoms with Crippen molar-refractivity contribution < 1.29 is 18.7 Å². The summed E-state index contributed by atoms with van der Waals surface area (Å²) in [7, 11) is 0. The van der Waals surface area contributed by atoms with Crippen LogP contribution in [0.4, 0.5) is 8.78 Å². The number of carboxylic acids is 1. The minimum Gasteiger partial charge on any atom is -0.478 e. The molecule has 0 aliphatic rings. The van der Waals surface area contributed by atoms with Gasteiger partial charge in [0.1, 0.15) is 11.6 Å². The van der Waals surface area contributed by atoms with E-state index >= 15 is 0 Å². The molecule has 0 unspecified atom stereocenters. The van der Waals surface area contributed by atoms with E-state index in [1.807, 2.05) is 6.92 Å². The smallest absolute Gasteiger partial charge is 0.337 e. The fourth-order valence-corrected chi connectivity index (χ4v) is 2.12. The first-order valence-corrected chi connectivity index (χ1v) is 6.63. The number of halogens is 2. The molecule has 5 heteroatoms. The van der Waals surface area contributed by atoms with Crippen LogP contribution in [-0.2, 0) is 6.42 Å². The highest BCUT2D eigenvalue weighted by molar-refractivity contribution is 5.89. The van der Waals surface area contributed by atoms with Crippen LogP contribution >= 0.6 is 0 Å². The molecule has 0 bridgehead atoms. The molecule has 2 aromatic rings. The first-order valence-electron chi connectivity index (χ1n) is 6.63. The van der Waals surface area contributed by atoms with Crippen LogP contribution in [0.25, 0.3) is 11.3 Å². The van der Waals surface area contributed by atoms with Gasteiger partial charge in [-0.2, -0.15) is 0 Å². The van der Waals surface area contributed by atoms with Crippen molar-refractivity contribution in [1.82, 2.24) is 4.98 Å². The Bertz CT molecular complexity index is 699. The molecule has 0 atom stereocenters. The standard InChI is InChI=1S/C16H15F2NO2/c1-3-4-14-10(16(20)21)5-6-15(19-14)11-8-12(17)9(2)7-13(11)18/h5-8H,3-4H2,1-2H3,(H,20,21). The van der Waals surface area contributed by atoms with Crippen molar-refractivity contribution in [3.63, 3.8) is 0 Å². The van der Waals surface area contributed by atoms with E-state index < -0.39 is 17.6 Å². The molecule has 0 radical (unpaired) electrons. The van der Waals surface area contributed by atoms with E-state index in [9.17, 15) is 13.6 Å². The first-order chi connectivity index (χ1) is 9.93. The molecule has 1 heterocycles. The van der Waals surface area contributed by atoms with E-state index in [0.29, 0.717) is 18.5 Å². The number of hydrogen-bond donors (Lipinski definition) is 1. The summed E-state index contributed by atoms with van der Waals surface area (Å²) in [5, 5.41) is 9.11. The van der Waals surface area contributed by atoms with E-state index in [1.165, 1.54) is 19.1 Å². The summed E-state index contributed by atoms with van der Waals surface area (Å²) >= 11 is 0. The number of aryl methyl sites for hydroxylation is 2. The molecule has 0 saturated carbocycles. The first kappa shape index (κ1) is 15.1. The van der Waals surface area contributed by atoms with Crippen LogP contribution in [0, 0.1) is 18.6 Å². The van der Waals surface area contributed by atoms with E-state index in [0.717, 1.165) is 12.1 Å². The monoisotopic (exact) mass is 291 g/mol. The Hall–Kier alpha value is -2.30. The van der Waals surface area contributed by atoms with Crippen LogP contribution in [0.1, 0.15) is 35.0 Å². The third-order valence-corrected chi connectivity index (χ3v) is 3.22. The normalized spacial score (nSPS) is 10.7. The van der Waals surface area contributed by atoms with Gasteiger partial charge in [0.2, 0.25) is 0 Å². The number of hydrogen-bond acceptors (Lipinski definition) is 2. The Labute approximate surface area is 121 Å². The molecule has 0 fully saturated rings. The largest absolute Gasteiger partial charge is 0.478 e. The van der Waals surface area contributed by atoms with Gasteiger partial charge in [-0.25, -0.2) is 13.6 Å². The predicted molar refractivity (Wildman–Crippen MR) is 75.3 cm³/mol. The van der Waals surface area contributed by atoms with Gasteiger partial charge in [-0.3, -0.25) is 4.98 Å². The van der Waals surface area contributed by atoms with Gasteiger partial charge in [0.05, 0.1) is 17.0 Å². The number of nitrogens with zero attached hydrogens (tertiary/aromatic N) is 1. The number of carboxylic acid groups (broad SMARTS) is 1. The maximum Gasteiger partial charge on any atom is 0.337 e. The van der Waals surface area contributed by atoms with Gasteiger partial charge in [-0.1, -0.05) is 13.3 Å². The Morgan fingerprint density at radius 2 is 1.95 bits per heavy atom. The quantitative estimate of drug-likeness (QED) is 0.926. The highest BCUT2D eigenvalue weighted by Crippen LogP contribution is 2.25. The number of rotatable bonds is 4. The molecule has 2 rings (SSSR count). The molecule has 1 aromatic heterocycles. The molecule has 1 aromatic carbocycles. The maximum absolute atomic E-state index is 14.0. The second-order valence-electron chi connectivity index (χ2n) is 4.83. The molecular weight excluding hydrogens is 276 g/mol. The summed E-state index contributed by atoms with van der Waals surface area (Å²) in [4.78, 5) is 15.3. The van der Waals surface area contributed by atoms with Gasteiger partial charge in [0.15, 0.2) is 0 Å². The number of pyridine rings is 1. The second-order valence-corrected chi connectivity index (χ2v) is 4.83. The molecule has 21 heavy (non-hydrogen) atoms. The Morgan fingerprint density at radius 1 is 1.24 bits per heavy atom. The van der Waals surface area contributed by atoms with Gasteiger partial charge < -0.3 is 5.11 Å². The Balaban J connectivity index is 2.57. The minimum atomic E-state index is -1.08. The molecule has 0 aliphatic carbocycles. The summed E-state index contributed by atoms with van der Waals surface area (Å²) in [5.74, 6) is -2.17. The van der Waals surface area contributed by atoms with Crippen LogP contribution in [-0.4, -0.2) is 16.1 Å². The molecule has 110 valence electrons. The summed E-state index contributed by atoms with van der Waals surface area (Å²) in [6.45, 7) is 3.37.